The van der Waals surface area contributed by atoms with E-state index in [9.17, 15) is 22.0 Å². The second-order valence-corrected chi connectivity index (χ2v) is 8.13. The maximum Gasteiger partial charge on any atom is 0.420 e. The zero-order chi connectivity index (χ0) is 20.9. The minimum absolute atomic E-state index is 0.110. The minimum atomic E-state index is -4.65. The number of ether oxygens (including phenoxy) is 1. The van der Waals surface area contributed by atoms with Crippen molar-refractivity contribution < 1.29 is 31.3 Å². The first-order valence-corrected chi connectivity index (χ1v) is 9.67. The number of thiocarbonyl (C=S) groups is 1. The highest BCUT2D eigenvalue weighted by Crippen LogP contribution is 2.32. The van der Waals surface area contributed by atoms with Crippen LogP contribution in [-0.2, 0) is 14.8 Å². The number of hydrogen-bond donors (Lipinski definition) is 1. The molecule has 13 heteroatoms. The zero-order valence-corrected chi connectivity index (χ0v) is 16.6. The number of methoxy groups -OCH3 is 1. The second kappa shape index (κ2) is 6.76. The third kappa shape index (κ3) is 3.10. The molecule has 0 bridgehead atoms. The molecule has 9 nitrogen and oxygen atoms in total. The molecular weight excluding hydrogens is 416 g/mol. The van der Waals surface area contributed by atoms with Crippen LogP contribution in [-0.4, -0.2) is 67.0 Å². The number of likely N-dealkylation sites (N-methyl/N-ethyl adjacent to an activating group) is 1. The van der Waals surface area contributed by atoms with Crippen LogP contribution in [0.1, 0.15) is 0 Å². The smallest absolute Gasteiger partial charge is 0.420 e. The van der Waals surface area contributed by atoms with Crippen molar-refractivity contribution in [1.82, 2.24) is 9.91 Å². The van der Waals surface area contributed by atoms with Gasteiger partial charge in [-0.2, -0.15) is 22.9 Å². The van der Waals surface area contributed by atoms with E-state index in [1.54, 1.807) is 19.1 Å². The van der Waals surface area contributed by atoms with Gasteiger partial charge in [0.2, 0.25) is 0 Å². The highest BCUT2D eigenvalue weighted by Gasteiger charge is 2.51. The quantitative estimate of drug-likeness (QED) is 0.564. The summed E-state index contributed by atoms with van der Waals surface area (Å²) in [6.45, 7) is -0.214. The lowest BCUT2D eigenvalue weighted by atomic mass is 10.3. The number of carbonyl (C=O) groups excluding carboxylic acids is 1. The predicted molar refractivity (Wildman–Crippen MR) is 100 cm³/mol. The fourth-order valence-corrected chi connectivity index (χ4v) is 4.22. The molecule has 2 aliphatic rings. The third-order valence-corrected chi connectivity index (χ3v) is 6.07. The number of sulfonamides is 1. The number of rotatable bonds is 2. The summed E-state index contributed by atoms with van der Waals surface area (Å²) in [7, 11) is -0.263. The van der Waals surface area contributed by atoms with Crippen LogP contribution >= 0.6 is 12.2 Å². The number of quaternary nitrogens is 1. The van der Waals surface area contributed by atoms with Gasteiger partial charge in [-0.05, 0) is 12.1 Å². The maximum absolute atomic E-state index is 13.9. The van der Waals surface area contributed by atoms with E-state index in [0.29, 0.717) is 4.99 Å². The molecule has 2 aliphatic heterocycles. The number of halogens is 2. The molecule has 1 aromatic rings. The van der Waals surface area contributed by atoms with Crippen LogP contribution in [0.25, 0.3) is 0 Å². The molecule has 3 rings (SSSR count). The lowest BCUT2D eigenvalue weighted by Gasteiger charge is -2.41. The van der Waals surface area contributed by atoms with Crippen molar-refractivity contribution in [1.29, 1.82) is 0 Å². The molecule has 1 aromatic carbocycles. The Morgan fingerprint density at radius 1 is 1.36 bits per heavy atom. The van der Waals surface area contributed by atoms with Gasteiger partial charge in [0.25, 0.3) is 21.0 Å². The number of amides is 1. The minimum Gasteiger partial charge on any atom is -0.452 e. The Morgan fingerprint density at radius 2 is 1.96 bits per heavy atom. The first-order chi connectivity index (χ1) is 13.0. The van der Waals surface area contributed by atoms with E-state index in [2.05, 4.69) is 9.73 Å². The van der Waals surface area contributed by atoms with Crippen molar-refractivity contribution in [2.45, 2.75) is 0 Å². The van der Waals surface area contributed by atoms with Crippen molar-refractivity contribution in [2.75, 3.05) is 32.6 Å². The normalized spacial score (nSPS) is 21.8. The molecule has 0 spiro atoms. The van der Waals surface area contributed by atoms with E-state index in [1.807, 2.05) is 4.72 Å². The lowest BCUT2D eigenvalue weighted by Crippen LogP contribution is -2.63. The van der Waals surface area contributed by atoms with Crippen LogP contribution in [0.3, 0.4) is 0 Å². The summed E-state index contributed by atoms with van der Waals surface area (Å²) in [5.41, 5.74) is -0.883. The van der Waals surface area contributed by atoms with Gasteiger partial charge in [-0.3, -0.25) is 4.72 Å². The monoisotopic (exact) mass is 432 g/mol. The number of nitrogens with one attached hydrogen (secondary N) is 1. The summed E-state index contributed by atoms with van der Waals surface area (Å²) in [6.07, 6.45) is 0.464. The topological polar surface area (TPSA) is 91.3 Å². The number of nitrogens with zero attached hydrogens (tertiary/aromatic N) is 4. The molecule has 0 aromatic heterocycles. The Labute approximate surface area is 165 Å². The second-order valence-electron chi connectivity index (χ2n) is 6.14. The molecule has 1 unspecified atom stereocenters. The Morgan fingerprint density at radius 3 is 2.54 bits per heavy atom. The average Bonchev–Trinajstić information content (AvgIpc) is 2.86. The SMILES string of the molecule is COC(=O)N1C[N+]2(C)C(=CC(=S)N2C)N=C1S(=O)(=O)Nc1c(F)cccc1F. The number of amidine groups is 1. The van der Waals surface area contributed by atoms with Crippen molar-refractivity contribution >= 4 is 44.2 Å². The van der Waals surface area contributed by atoms with E-state index in [1.165, 1.54) is 6.08 Å². The highest BCUT2D eigenvalue weighted by atomic mass is 32.2. The van der Waals surface area contributed by atoms with E-state index in [0.717, 1.165) is 30.2 Å². The number of carbonyl (C=O) groups is 1. The van der Waals surface area contributed by atoms with Crippen LogP contribution in [0.15, 0.2) is 35.1 Å². The Hall–Kier alpha value is -2.64. The average molecular weight is 432 g/mol. The Balaban J connectivity index is 2.11. The number of benzene rings is 1. The number of hydrogen-bond acceptors (Lipinski definition) is 6. The number of fused-ring (bicyclic) bond motifs is 1. The first-order valence-electron chi connectivity index (χ1n) is 7.78. The van der Waals surface area contributed by atoms with E-state index in [-0.39, 0.29) is 17.1 Å². The van der Waals surface area contributed by atoms with Gasteiger partial charge < -0.3 is 4.74 Å². The zero-order valence-electron chi connectivity index (χ0n) is 15.0. The lowest BCUT2D eigenvalue weighted by molar-refractivity contribution is -0.973. The fraction of sp³-hybridized carbons (Fsp3) is 0.267. The van der Waals surface area contributed by atoms with Gasteiger partial charge in [0, 0.05) is 0 Å². The highest BCUT2D eigenvalue weighted by molar-refractivity contribution is 8.07. The van der Waals surface area contributed by atoms with Gasteiger partial charge in [0.15, 0.2) is 11.7 Å². The molecule has 0 aliphatic carbocycles. The van der Waals surface area contributed by atoms with Gasteiger partial charge in [-0.1, -0.05) is 18.3 Å². The molecule has 0 fully saturated rings. The van der Waals surface area contributed by atoms with Crippen LogP contribution in [0, 0.1) is 11.6 Å². The molecule has 0 saturated carbocycles. The molecule has 28 heavy (non-hydrogen) atoms. The van der Waals surface area contributed by atoms with Crippen molar-refractivity contribution in [3.63, 3.8) is 0 Å². The molecule has 1 N–H and O–H groups in total. The number of anilines is 1. The molecule has 150 valence electrons. The number of para-hydroxylation sites is 1. The Kier molecular flexibility index (Phi) is 4.85. The third-order valence-electron chi connectivity index (χ3n) is 4.42. The van der Waals surface area contributed by atoms with Crippen molar-refractivity contribution in [2.24, 2.45) is 4.99 Å². The van der Waals surface area contributed by atoms with Gasteiger partial charge in [-0.25, -0.2) is 18.6 Å². The Bertz CT molecular complexity index is 1020. The summed E-state index contributed by atoms with van der Waals surface area (Å²) in [5, 5.41) is 0.847. The van der Waals surface area contributed by atoms with Gasteiger partial charge in [-0.15, -0.1) is 0 Å². The van der Waals surface area contributed by atoms with Crippen molar-refractivity contribution in [3.8, 4) is 0 Å². The standard InChI is InChI=1S/C15H16F2N5O4S2/c1-20-12(27)7-11-18-14(21(15(23)26-3)8-22(11,20)2)28(24,25)19-13-9(16)5-4-6-10(13)17/h4-7,19H,8H2,1-3H3/q+1. The molecule has 1 amide bonds. The summed E-state index contributed by atoms with van der Waals surface area (Å²) in [6, 6.07) is 2.87. The van der Waals surface area contributed by atoms with E-state index in [4.69, 9.17) is 12.2 Å². The fourth-order valence-electron chi connectivity index (χ4n) is 2.74. The van der Waals surface area contributed by atoms with Gasteiger partial charge in [0.05, 0.1) is 27.3 Å². The largest absolute Gasteiger partial charge is 0.452 e. The van der Waals surface area contributed by atoms with E-state index < -0.39 is 38.6 Å². The maximum atomic E-state index is 13.9. The molecule has 0 radical (unpaired) electrons. The van der Waals surface area contributed by atoms with Crippen LogP contribution in [0.2, 0.25) is 0 Å². The summed E-state index contributed by atoms with van der Waals surface area (Å²) < 4.78 is 59.8. The summed E-state index contributed by atoms with van der Waals surface area (Å²) in [4.78, 5) is 17.4. The summed E-state index contributed by atoms with van der Waals surface area (Å²) in [5.74, 6) is -2.00. The molecule has 2 heterocycles. The molecular formula is C15H16F2N5O4S2+. The van der Waals surface area contributed by atoms with Crippen LogP contribution in [0.4, 0.5) is 19.3 Å². The van der Waals surface area contributed by atoms with E-state index >= 15 is 0 Å². The number of aliphatic imine (C=N–C) groups is 1. The first kappa shape index (κ1) is 20.1. The molecule has 0 saturated heterocycles. The van der Waals surface area contributed by atoms with Crippen LogP contribution < -0.4 is 4.72 Å². The van der Waals surface area contributed by atoms with Crippen LogP contribution in [0.5, 0.6) is 0 Å². The van der Waals surface area contributed by atoms with Crippen molar-refractivity contribution in [3.05, 3.63) is 41.7 Å². The summed E-state index contributed by atoms with van der Waals surface area (Å²) >= 11 is 5.20. The van der Waals surface area contributed by atoms with Gasteiger partial charge >= 0.3 is 6.09 Å². The molecule has 1 atom stereocenters. The predicted octanol–water partition coefficient (Wildman–Crippen LogP) is 1.58. The van der Waals surface area contributed by atoms with Gasteiger partial charge in [0.1, 0.15) is 17.3 Å².